The minimum absolute atomic E-state index is 0.295. The van der Waals surface area contributed by atoms with Gasteiger partial charge in [0.2, 0.25) is 5.91 Å². The number of hydrogen-bond donors (Lipinski definition) is 2. The Morgan fingerprint density at radius 1 is 1.20 bits per heavy atom. The Morgan fingerprint density at radius 2 is 1.96 bits per heavy atom. The van der Waals surface area contributed by atoms with Gasteiger partial charge < -0.3 is 11.1 Å². The van der Waals surface area contributed by atoms with Gasteiger partial charge in [0.1, 0.15) is 5.82 Å². The monoisotopic (exact) mass is 337 g/mol. The summed E-state index contributed by atoms with van der Waals surface area (Å²) in [4.78, 5) is 16.2. The smallest absolute Gasteiger partial charge is 0.222 e. The third kappa shape index (κ3) is 3.94. The molecule has 0 spiro atoms. The van der Waals surface area contributed by atoms with Crippen LogP contribution in [0.4, 0.5) is 10.1 Å². The first kappa shape index (κ1) is 16.9. The highest BCUT2D eigenvalue weighted by atomic mass is 19.1. The van der Waals surface area contributed by atoms with Crippen LogP contribution in [0.2, 0.25) is 0 Å². The Balaban J connectivity index is 1.77. The first-order valence-electron chi connectivity index (χ1n) is 8.16. The van der Waals surface area contributed by atoms with Crippen LogP contribution in [0.3, 0.4) is 0 Å². The lowest BCUT2D eigenvalue weighted by Gasteiger charge is -2.16. The van der Waals surface area contributed by atoms with Gasteiger partial charge in [-0.3, -0.25) is 9.78 Å². The predicted octanol–water partition coefficient (Wildman–Crippen LogP) is 3.44. The average molecular weight is 337 g/mol. The molecule has 1 unspecified atom stereocenters. The molecule has 0 saturated carbocycles. The molecule has 0 saturated heterocycles. The zero-order valence-electron chi connectivity index (χ0n) is 14.0. The van der Waals surface area contributed by atoms with E-state index in [4.69, 9.17) is 5.73 Å². The first-order chi connectivity index (χ1) is 12.0. The van der Waals surface area contributed by atoms with Crippen molar-refractivity contribution in [3.05, 3.63) is 71.7 Å². The number of anilines is 1. The molecular formula is C20H20FN3O. The lowest BCUT2D eigenvalue weighted by molar-refractivity contribution is -0.121. The van der Waals surface area contributed by atoms with E-state index in [1.807, 2.05) is 31.2 Å². The van der Waals surface area contributed by atoms with Crippen LogP contribution in [0, 0.1) is 18.7 Å². The number of nitrogens with zero attached hydrogens (tertiary/aromatic N) is 1. The molecule has 0 aliphatic carbocycles. The number of benzene rings is 2. The topological polar surface area (TPSA) is 68.0 Å². The molecule has 1 heterocycles. The zero-order valence-corrected chi connectivity index (χ0v) is 14.0. The fourth-order valence-corrected chi connectivity index (χ4v) is 2.89. The van der Waals surface area contributed by atoms with Gasteiger partial charge in [-0.25, -0.2) is 4.39 Å². The summed E-state index contributed by atoms with van der Waals surface area (Å²) in [5.41, 5.74) is 9.37. The van der Waals surface area contributed by atoms with Crippen molar-refractivity contribution in [1.82, 2.24) is 4.98 Å². The number of nitrogens with one attached hydrogen (secondary N) is 1. The number of carbonyl (C=O) groups excluding carboxylic acids is 1. The Labute approximate surface area is 145 Å². The molecule has 4 nitrogen and oxygen atoms in total. The third-order valence-corrected chi connectivity index (χ3v) is 4.31. The number of fused-ring (bicyclic) bond motifs is 1. The van der Waals surface area contributed by atoms with Crippen LogP contribution in [0.1, 0.15) is 11.1 Å². The zero-order chi connectivity index (χ0) is 17.8. The van der Waals surface area contributed by atoms with E-state index in [1.165, 1.54) is 12.1 Å². The number of carbonyl (C=O) groups is 1. The number of rotatable bonds is 6. The summed E-state index contributed by atoms with van der Waals surface area (Å²) in [6.45, 7) is 2.42. The number of primary amides is 1. The molecule has 3 N–H and O–H groups in total. The Bertz CT molecular complexity index is 893. The van der Waals surface area contributed by atoms with Crippen molar-refractivity contribution in [2.45, 2.75) is 13.3 Å². The fourth-order valence-electron chi connectivity index (χ4n) is 2.89. The molecule has 0 bridgehead atoms. The minimum atomic E-state index is -0.390. The van der Waals surface area contributed by atoms with E-state index in [0.717, 1.165) is 27.7 Å². The van der Waals surface area contributed by atoms with Gasteiger partial charge in [0.05, 0.1) is 11.4 Å². The number of aryl methyl sites for hydroxylation is 1. The second kappa shape index (κ2) is 7.30. The first-order valence-corrected chi connectivity index (χ1v) is 8.16. The number of nitrogens with two attached hydrogens (primary N) is 1. The summed E-state index contributed by atoms with van der Waals surface area (Å²) in [6.07, 6.45) is 2.21. The van der Waals surface area contributed by atoms with E-state index in [1.54, 1.807) is 18.3 Å². The van der Waals surface area contributed by atoms with E-state index in [9.17, 15) is 9.18 Å². The molecule has 3 rings (SSSR count). The maximum atomic E-state index is 13.0. The molecule has 2 aromatic carbocycles. The van der Waals surface area contributed by atoms with Crippen LogP contribution in [0.15, 0.2) is 54.7 Å². The molecule has 0 radical (unpaired) electrons. The van der Waals surface area contributed by atoms with Crippen LogP contribution in [0.5, 0.6) is 0 Å². The third-order valence-electron chi connectivity index (χ3n) is 4.31. The van der Waals surface area contributed by atoms with Gasteiger partial charge in [-0.2, -0.15) is 0 Å². The van der Waals surface area contributed by atoms with Gasteiger partial charge in [0.25, 0.3) is 0 Å². The number of para-hydroxylation sites is 1. The summed E-state index contributed by atoms with van der Waals surface area (Å²) in [5, 5.41) is 4.32. The van der Waals surface area contributed by atoms with E-state index in [2.05, 4.69) is 10.3 Å². The second-order valence-electron chi connectivity index (χ2n) is 6.14. The van der Waals surface area contributed by atoms with Crippen molar-refractivity contribution in [2.75, 3.05) is 11.9 Å². The molecule has 1 atom stereocenters. The molecule has 128 valence electrons. The van der Waals surface area contributed by atoms with Gasteiger partial charge >= 0.3 is 0 Å². The highest BCUT2D eigenvalue weighted by Gasteiger charge is 2.16. The van der Waals surface area contributed by atoms with Crippen LogP contribution in [0.25, 0.3) is 10.9 Å². The van der Waals surface area contributed by atoms with Crippen molar-refractivity contribution in [1.29, 1.82) is 0 Å². The molecule has 0 aliphatic rings. The number of halogens is 1. The predicted molar refractivity (Wildman–Crippen MR) is 97.8 cm³/mol. The van der Waals surface area contributed by atoms with E-state index >= 15 is 0 Å². The van der Waals surface area contributed by atoms with Crippen LogP contribution < -0.4 is 11.1 Å². The van der Waals surface area contributed by atoms with E-state index in [0.29, 0.717) is 13.0 Å². The molecule has 25 heavy (non-hydrogen) atoms. The summed E-state index contributed by atoms with van der Waals surface area (Å²) in [6, 6.07) is 14.0. The van der Waals surface area contributed by atoms with Gasteiger partial charge in [-0.05, 0) is 42.7 Å². The summed E-state index contributed by atoms with van der Waals surface area (Å²) >= 11 is 0. The molecule has 5 heteroatoms. The lowest BCUT2D eigenvalue weighted by Crippen LogP contribution is -2.31. The van der Waals surface area contributed by atoms with Gasteiger partial charge in [-0.15, -0.1) is 0 Å². The molecule has 0 aliphatic heterocycles. The van der Waals surface area contributed by atoms with Crippen molar-refractivity contribution >= 4 is 22.5 Å². The van der Waals surface area contributed by atoms with Crippen LogP contribution in [-0.2, 0) is 11.2 Å². The highest BCUT2D eigenvalue weighted by Crippen LogP contribution is 2.24. The van der Waals surface area contributed by atoms with Crippen LogP contribution in [-0.4, -0.2) is 17.4 Å². The number of aromatic nitrogens is 1. The molecule has 1 amide bonds. The largest absolute Gasteiger partial charge is 0.384 e. The number of pyridine rings is 1. The normalized spacial score (nSPS) is 12.1. The average Bonchev–Trinajstić information content (AvgIpc) is 2.60. The van der Waals surface area contributed by atoms with Gasteiger partial charge in [0, 0.05) is 23.8 Å². The Hall–Kier alpha value is -2.95. The standard InChI is InChI=1S/C20H20FN3O/c1-13-3-2-4-17-18(9-10-23-19(13)17)24-12-15(20(22)25)11-14-5-7-16(21)8-6-14/h2-10,15H,11-12H2,1H3,(H2,22,25)(H,23,24). The lowest BCUT2D eigenvalue weighted by atomic mass is 9.98. The molecular weight excluding hydrogens is 317 g/mol. The molecule has 3 aromatic rings. The quantitative estimate of drug-likeness (QED) is 0.724. The summed E-state index contributed by atoms with van der Waals surface area (Å²) in [7, 11) is 0. The maximum absolute atomic E-state index is 13.0. The molecule has 0 fully saturated rings. The summed E-state index contributed by atoms with van der Waals surface area (Å²) in [5.74, 6) is -1.07. The SMILES string of the molecule is Cc1cccc2c(NCC(Cc3ccc(F)cc3)C(N)=O)ccnc12. The van der Waals surface area contributed by atoms with Crippen molar-refractivity contribution < 1.29 is 9.18 Å². The van der Waals surface area contributed by atoms with Crippen molar-refractivity contribution in [2.24, 2.45) is 11.7 Å². The van der Waals surface area contributed by atoms with Crippen molar-refractivity contribution in [3.63, 3.8) is 0 Å². The number of hydrogen-bond acceptors (Lipinski definition) is 3. The fraction of sp³-hybridized carbons (Fsp3) is 0.200. The highest BCUT2D eigenvalue weighted by molar-refractivity contribution is 5.93. The number of amides is 1. The van der Waals surface area contributed by atoms with Gasteiger partial charge in [0.15, 0.2) is 0 Å². The Kier molecular flexibility index (Phi) is 4.93. The minimum Gasteiger partial charge on any atom is -0.384 e. The van der Waals surface area contributed by atoms with E-state index in [-0.39, 0.29) is 11.7 Å². The maximum Gasteiger partial charge on any atom is 0.222 e. The Morgan fingerprint density at radius 3 is 2.68 bits per heavy atom. The van der Waals surface area contributed by atoms with Gasteiger partial charge in [-0.1, -0.05) is 30.3 Å². The second-order valence-corrected chi connectivity index (χ2v) is 6.14. The van der Waals surface area contributed by atoms with Crippen LogP contribution >= 0.6 is 0 Å². The molecule has 1 aromatic heterocycles. The van der Waals surface area contributed by atoms with Crippen molar-refractivity contribution in [3.8, 4) is 0 Å². The summed E-state index contributed by atoms with van der Waals surface area (Å²) < 4.78 is 13.0. The van der Waals surface area contributed by atoms with E-state index < -0.39 is 5.92 Å².